The minimum absolute atomic E-state index is 0.0267. The van der Waals surface area contributed by atoms with Gasteiger partial charge >= 0.3 is 12.0 Å². The van der Waals surface area contributed by atoms with Gasteiger partial charge in [-0.05, 0) is 50.6 Å². The molecule has 2 N–H and O–H groups in total. The first-order valence-corrected chi connectivity index (χ1v) is 9.16. The molecule has 0 aliphatic carbocycles. The second kappa shape index (κ2) is 10.2. The highest BCUT2D eigenvalue weighted by atomic mass is 35.5. The summed E-state index contributed by atoms with van der Waals surface area (Å²) in [5, 5.41) is 12.4. The van der Waals surface area contributed by atoms with Crippen LogP contribution in [0.1, 0.15) is 19.3 Å². The van der Waals surface area contributed by atoms with E-state index in [0.717, 1.165) is 19.3 Å². The molecule has 0 bridgehead atoms. The molecule has 0 aromatic heterocycles. The minimum Gasteiger partial charge on any atom is -0.492 e. The molecular weight excluding hydrogens is 358 g/mol. The summed E-state index contributed by atoms with van der Waals surface area (Å²) in [6.45, 7) is 2.13. The minimum atomic E-state index is -0.827. The molecule has 0 radical (unpaired) electrons. The topological polar surface area (TPSA) is 82.1 Å². The number of nitrogens with zero attached hydrogens (tertiary/aromatic N) is 2. The van der Waals surface area contributed by atoms with Gasteiger partial charge in [0.1, 0.15) is 12.4 Å². The van der Waals surface area contributed by atoms with Gasteiger partial charge in [0.15, 0.2) is 0 Å². The fourth-order valence-electron chi connectivity index (χ4n) is 3.03. The lowest BCUT2D eigenvalue weighted by atomic mass is 10.1. The number of carbonyl (C=O) groups excluding carboxylic acids is 1. The zero-order chi connectivity index (χ0) is 18.9. The van der Waals surface area contributed by atoms with Crippen molar-refractivity contribution in [3.8, 4) is 5.75 Å². The summed E-state index contributed by atoms with van der Waals surface area (Å²) in [5.74, 6) is -0.116. The van der Waals surface area contributed by atoms with Crippen molar-refractivity contribution in [2.24, 2.45) is 0 Å². The van der Waals surface area contributed by atoms with Crippen molar-refractivity contribution in [1.29, 1.82) is 0 Å². The van der Waals surface area contributed by atoms with E-state index in [1.54, 1.807) is 29.2 Å². The van der Waals surface area contributed by atoms with Gasteiger partial charge in [-0.1, -0.05) is 11.6 Å². The number of halogens is 1. The molecule has 7 nitrogen and oxygen atoms in total. The van der Waals surface area contributed by atoms with Gasteiger partial charge in [0.2, 0.25) is 0 Å². The molecule has 1 aliphatic rings. The Bertz CT molecular complexity index is 597. The van der Waals surface area contributed by atoms with Crippen molar-refractivity contribution in [1.82, 2.24) is 15.1 Å². The number of likely N-dealkylation sites (N-methyl/N-ethyl adjacent to an activating group) is 1. The van der Waals surface area contributed by atoms with E-state index in [-0.39, 0.29) is 18.6 Å². The number of carbonyl (C=O) groups is 2. The number of rotatable bonds is 7. The molecule has 2 amide bonds. The van der Waals surface area contributed by atoms with Crippen LogP contribution in [0.3, 0.4) is 0 Å². The summed E-state index contributed by atoms with van der Waals surface area (Å²) < 4.78 is 5.55. The van der Waals surface area contributed by atoms with E-state index in [1.165, 1.54) is 0 Å². The lowest BCUT2D eigenvalue weighted by molar-refractivity contribution is -0.138. The third kappa shape index (κ3) is 6.72. The van der Waals surface area contributed by atoms with E-state index in [4.69, 9.17) is 21.4 Å². The number of nitrogens with one attached hydrogen (secondary N) is 1. The Hall–Kier alpha value is -1.99. The third-order valence-electron chi connectivity index (χ3n) is 4.45. The second-order valence-electron chi connectivity index (χ2n) is 6.41. The standard InChI is InChI=1S/C18H26ClN3O4/c1-21(13-17(23)24)15-3-2-10-22(11-8-15)18(25)20-9-12-26-16-6-4-14(19)5-7-16/h4-7,15H,2-3,8-13H2,1H3,(H,20,25)(H,23,24). The number of aliphatic carboxylic acids is 1. The highest BCUT2D eigenvalue weighted by Crippen LogP contribution is 2.16. The first-order chi connectivity index (χ1) is 12.5. The number of ether oxygens (including phenoxy) is 1. The molecule has 1 unspecified atom stereocenters. The average molecular weight is 384 g/mol. The largest absolute Gasteiger partial charge is 0.492 e. The Morgan fingerprint density at radius 3 is 2.73 bits per heavy atom. The molecule has 0 saturated carbocycles. The van der Waals surface area contributed by atoms with Crippen molar-refractivity contribution in [2.45, 2.75) is 25.3 Å². The summed E-state index contributed by atoms with van der Waals surface area (Å²) in [6, 6.07) is 7.16. The zero-order valence-electron chi connectivity index (χ0n) is 15.0. The van der Waals surface area contributed by atoms with E-state index in [1.807, 2.05) is 11.9 Å². The van der Waals surface area contributed by atoms with Crippen LogP contribution in [0, 0.1) is 0 Å². The van der Waals surface area contributed by atoms with Crippen LogP contribution in [0.2, 0.25) is 5.02 Å². The van der Waals surface area contributed by atoms with Crippen LogP contribution in [0.15, 0.2) is 24.3 Å². The Labute approximate surface area is 158 Å². The van der Waals surface area contributed by atoms with Crippen LogP contribution in [0.25, 0.3) is 0 Å². The molecule has 0 spiro atoms. The molecule has 8 heteroatoms. The Kier molecular flexibility index (Phi) is 8.00. The maximum absolute atomic E-state index is 12.3. The van der Waals surface area contributed by atoms with E-state index in [0.29, 0.717) is 37.0 Å². The Morgan fingerprint density at radius 1 is 1.31 bits per heavy atom. The van der Waals surface area contributed by atoms with Gasteiger partial charge in [0, 0.05) is 24.2 Å². The Morgan fingerprint density at radius 2 is 2.04 bits per heavy atom. The number of carboxylic acid groups (broad SMARTS) is 1. The van der Waals surface area contributed by atoms with E-state index in [9.17, 15) is 9.59 Å². The molecule has 1 fully saturated rings. The van der Waals surface area contributed by atoms with E-state index >= 15 is 0 Å². The van der Waals surface area contributed by atoms with Gasteiger partial charge in [-0.3, -0.25) is 9.69 Å². The quantitative estimate of drug-likeness (QED) is 0.706. The molecule has 1 heterocycles. The first-order valence-electron chi connectivity index (χ1n) is 8.79. The summed E-state index contributed by atoms with van der Waals surface area (Å²) in [4.78, 5) is 26.8. The zero-order valence-corrected chi connectivity index (χ0v) is 15.7. The first kappa shape index (κ1) is 20.3. The van der Waals surface area contributed by atoms with Crippen LogP contribution in [0.4, 0.5) is 4.79 Å². The van der Waals surface area contributed by atoms with Crippen molar-refractivity contribution in [3.63, 3.8) is 0 Å². The molecule has 26 heavy (non-hydrogen) atoms. The van der Waals surface area contributed by atoms with E-state index < -0.39 is 5.97 Å². The lowest BCUT2D eigenvalue weighted by Gasteiger charge is -2.25. The Balaban J connectivity index is 1.69. The molecular formula is C18H26ClN3O4. The highest BCUT2D eigenvalue weighted by molar-refractivity contribution is 6.30. The maximum Gasteiger partial charge on any atom is 0.317 e. The number of likely N-dealkylation sites (tertiary alicyclic amines) is 1. The smallest absolute Gasteiger partial charge is 0.317 e. The number of hydrogen-bond donors (Lipinski definition) is 2. The van der Waals surface area contributed by atoms with Crippen LogP contribution in [-0.4, -0.2) is 72.8 Å². The summed E-state index contributed by atoms with van der Waals surface area (Å²) in [7, 11) is 1.82. The summed E-state index contributed by atoms with van der Waals surface area (Å²) in [5.41, 5.74) is 0. The predicted molar refractivity (Wildman–Crippen MR) is 99.8 cm³/mol. The van der Waals surface area contributed by atoms with Gasteiger partial charge in [-0.25, -0.2) is 4.79 Å². The van der Waals surface area contributed by atoms with Gasteiger partial charge in [0.25, 0.3) is 0 Å². The van der Waals surface area contributed by atoms with Crippen molar-refractivity contribution >= 4 is 23.6 Å². The molecule has 1 saturated heterocycles. The fraction of sp³-hybridized carbons (Fsp3) is 0.556. The number of amides is 2. The number of urea groups is 1. The molecule has 1 aliphatic heterocycles. The van der Waals surface area contributed by atoms with Gasteiger partial charge in [-0.2, -0.15) is 0 Å². The van der Waals surface area contributed by atoms with E-state index in [2.05, 4.69) is 5.32 Å². The average Bonchev–Trinajstić information content (AvgIpc) is 2.86. The second-order valence-corrected chi connectivity index (χ2v) is 6.85. The highest BCUT2D eigenvalue weighted by Gasteiger charge is 2.23. The molecule has 1 atom stereocenters. The molecule has 144 valence electrons. The molecule has 2 rings (SSSR count). The predicted octanol–water partition coefficient (Wildman–Crippen LogP) is 2.30. The number of carboxylic acids is 1. The SMILES string of the molecule is CN(CC(=O)O)C1CCCN(C(=O)NCCOc2ccc(Cl)cc2)CC1. The van der Waals surface area contributed by atoms with Crippen LogP contribution in [-0.2, 0) is 4.79 Å². The summed E-state index contributed by atoms with van der Waals surface area (Å²) in [6.07, 6.45) is 2.54. The maximum atomic E-state index is 12.3. The van der Waals surface area contributed by atoms with Gasteiger partial charge in [-0.15, -0.1) is 0 Å². The van der Waals surface area contributed by atoms with Crippen LogP contribution >= 0.6 is 11.6 Å². The van der Waals surface area contributed by atoms with Crippen molar-refractivity contribution in [3.05, 3.63) is 29.3 Å². The number of benzene rings is 1. The van der Waals surface area contributed by atoms with Crippen LogP contribution < -0.4 is 10.1 Å². The van der Waals surface area contributed by atoms with Gasteiger partial charge in [0.05, 0.1) is 13.1 Å². The fourth-order valence-corrected chi connectivity index (χ4v) is 3.16. The number of hydrogen-bond acceptors (Lipinski definition) is 4. The molecule has 1 aromatic carbocycles. The summed E-state index contributed by atoms with van der Waals surface area (Å²) >= 11 is 5.82. The monoisotopic (exact) mass is 383 g/mol. The third-order valence-corrected chi connectivity index (χ3v) is 4.71. The molecule has 1 aromatic rings. The lowest BCUT2D eigenvalue weighted by Crippen LogP contribution is -2.42. The van der Waals surface area contributed by atoms with Crippen molar-refractivity contribution in [2.75, 3.05) is 39.8 Å². The normalized spacial score (nSPS) is 17.7. The van der Waals surface area contributed by atoms with Gasteiger partial charge < -0.3 is 20.1 Å². The van der Waals surface area contributed by atoms with Crippen LogP contribution in [0.5, 0.6) is 5.75 Å². The van der Waals surface area contributed by atoms with Crippen molar-refractivity contribution < 1.29 is 19.4 Å².